The number of methoxy groups -OCH3 is 1. The van der Waals surface area contributed by atoms with Crippen LogP contribution in [-0.2, 0) is 11.3 Å². The maximum Gasteiger partial charge on any atom is 0.339 e. The predicted molar refractivity (Wildman–Crippen MR) is 165 cm³/mol. The highest BCUT2D eigenvalue weighted by Gasteiger charge is 2.24. The van der Waals surface area contributed by atoms with Gasteiger partial charge in [-0.05, 0) is 49.9 Å². The third-order valence-electron chi connectivity index (χ3n) is 7.45. The van der Waals surface area contributed by atoms with E-state index in [2.05, 4.69) is 32.7 Å². The van der Waals surface area contributed by atoms with E-state index in [9.17, 15) is 4.79 Å². The van der Waals surface area contributed by atoms with Gasteiger partial charge >= 0.3 is 5.97 Å². The van der Waals surface area contributed by atoms with Gasteiger partial charge in [0.1, 0.15) is 10.8 Å². The van der Waals surface area contributed by atoms with Crippen molar-refractivity contribution >= 4 is 56.7 Å². The second-order valence-corrected chi connectivity index (χ2v) is 12.3. The van der Waals surface area contributed by atoms with Gasteiger partial charge in [0.2, 0.25) is 5.95 Å². The first kappa shape index (κ1) is 27.5. The van der Waals surface area contributed by atoms with Crippen molar-refractivity contribution < 1.29 is 9.53 Å². The van der Waals surface area contributed by atoms with E-state index in [0.717, 1.165) is 63.0 Å². The zero-order valence-corrected chi connectivity index (χ0v) is 25.0. The first-order chi connectivity index (χ1) is 20.0. The summed E-state index contributed by atoms with van der Waals surface area (Å²) in [4.78, 5) is 30.6. The second kappa shape index (κ2) is 12.1. The number of rotatable bonds is 9. The largest absolute Gasteiger partial charge is 0.465 e. The van der Waals surface area contributed by atoms with Crippen molar-refractivity contribution in [3.05, 3.63) is 71.4 Å². The molecule has 1 saturated carbocycles. The number of hydrogen-bond donors (Lipinski definition) is 2. The molecule has 5 aromatic rings. The Balaban J connectivity index is 1.11. The highest BCUT2D eigenvalue weighted by atomic mass is 32.2. The lowest BCUT2D eigenvalue weighted by atomic mass is 9.91. The normalized spacial score (nSPS) is 17.1. The molecule has 0 amide bonds. The zero-order chi connectivity index (χ0) is 28.3. The van der Waals surface area contributed by atoms with Crippen LogP contribution in [-0.4, -0.2) is 58.6 Å². The first-order valence-electron chi connectivity index (χ1n) is 13.7. The van der Waals surface area contributed by atoms with E-state index in [1.807, 2.05) is 55.4 Å². The van der Waals surface area contributed by atoms with Gasteiger partial charge in [0.15, 0.2) is 4.96 Å². The van der Waals surface area contributed by atoms with Crippen LogP contribution in [0.15, 0.2) is 70.0 Å². The monoisotopic (exact) mass is 587 g/mol. The Kier molecular flexibility index (Phi) is 8.09. The molecule has 1 aliphatic carbocycles. The standard InChI is InChI=1S/C30H33N7O2S2/c1-36(2)26-21-8-4-6-10-23(21)33-29(34-26)32-20-14-12-19(13-15-20)31-18-24-27(35-30-37(24)16-17-40-30)41-25-11-7-5-9-22(25)28(38)39-3/h4-11,16-17,19-20,31H,12-15,18H2,1-3H3,(H,32,33,34)/t19-,20+. The van der Waals surface area contributed by atoms with Crippen LogP contribution in [0, 0.1) is 0 Å². The van der Waals surface area contributed by atoms with Gasteiger partial charge in [-0.25, -0.2) is 14.8 Å². The highest BCUT2D eigenvalue weighted by Crippen LogP contribution is 2.34. The molecule has 3 heterocycles. The zero-order valence-electron chi connectivity index (χ0n) is 23.3. The minimum atomic E-state index is -0.341. The van der Waals surface area contributed by atoms with E-state index < -0.39 is 0 Å². The lowest BCUT2D eigenvalue weighted by Crippen LogP contribution is -2.37. The van der Waals surface area contributed by atoms with Crippen LogP contribution in [0.2, 0.25) is 0 Å². The van der Waals surface area contributed by atoms with Crippen LogP contribution in [0.3, 0.4) is 0 Å². The van der Waals surface area contributed by atoms with Gasteiger partial charge in [-0.2, -0.15) is 4.98 Å². The Labute approximate surface area is 247 Å². The van der Waals surface area contributed by atoms with Gasteiger partial charge < -0.3 is 20.3 Å². The Hall–Kier alpha value is -3.67. The Morgan fingerprint density at radius 1 is 1.05 bits per heavy atom. The van der Waals surface area contributed by atoms with Gasteiger partial charge in [-0.15, -0.1) is 11.3 Å². The molecule has 1 aliphatic rings. The number of benzene rings is 2. The molecule has 6 rings (SSSR count). The van der Waals surface area contributed by atoms with Crippen molar-refractivity contribution in [1.29, 1.82) is 0 Å². The number of carbonyl (C=O) groups excluding carboxylic acids is 1. The molecule has 41 heavy (non-hydrogen) atoms. The van der Waals surface area contributed by atoms with Gasteiger partial charge in [0, 0.05) is 54.6 Å². The van der Waals surface area contributed by atoms with Crippen LogP contribution in [0.1, 0.15) is 41.7 Å². The summed E-state index contributed by atoms with van der Waals surface area (Å²) in [6, 6.07) is 16.4. The summed E-state index contributed by atoms with van der Waals surface area (Å²) in [5, 5.41) is 11.4. The van der Waals surface area contributed by atoms with Gasteiger partial charge in [0.25, 0.3) is 0 Å². The predicted octanol–water partition coefficient (Wildman–Crippen LogP) is 5.86. The third kappa shape index (κ3) is 5.88. The van der Waals surface area contributed by atoms with E-state index in [1.165, 1.54) is 18.9 Å². The van der Waals surface area contributed by atoms with Crippen LogP contribution >= 0.6 is 23.1 Å². The fourth-order valence-electron chi connectivity index (χ4n) is 5.32. The molecule has 2 aromatic carbocycles. The van der Waals surface area contributed by atoms with Crippen molar-refractivity contribution in [1.82, 2.24) is 24.7 Å². The molecular weight excluding hydrogens is 555 g/mol. The molecule has 0 atom stereocenters. The average molecular weight is 588 g/mol. The highest BCUT2D eigenvalue weighted by molar-refractivity contribution is 7.99. The topological polar surface area (TPSA) is 96.7 Å². The number of imidazole rings is 1. The van der Waals surface area contributed by atoms with Crippen molar-refractivity contribution in [2.45, 2.75) is 54.2 Å². The lowest BCUT2D eigenvalue weighted by molar-refractivity contribution is 0.0597. The van der Waals surface area contributed by atoms with Gasteiger partial charge in [-0.3, -0.25) is 4.40 Å². The molecule has 0 unspecified atom stereocenters. The number of fused-ring (bicyclic) bond motifs is 2. The number of carbonyl (C=O) groups is 1. The Morgan fingerprint density at radius 3 is 2.61 bits per heavy atom. The van der Waals surface area contributed by atoms with Crippen molar-refractivity contribution in [2.24, 2.45) is 0 Å². The molecule has 1 fully saturated rings. The Morgan fingerprint density at radius 2 is 1.80 bits per heavy atom. The van der Waals surface area contributed by atoms with Crippen LogP contribution in [0.5, 0.6) is 0 Å². The minimum Gasteiger partial charge on any atom is -0.465 e. The number of esters is 1. The van der Waals surface area contributed by atoms with Gasteiger partial charge in [0.05, 0.1) is 23.9 Å². The SMILES string of the molecule is COC(=O)c1ccccc1Sc1nc2sccn2c1CN[C@H]1CC[C@@H](Nc2nc(N(C)C)c3ccccc3n2)CC1. The molecule has 3 aromatic heterocycles. The molecule has 212 valence electrons. The molecular formula is C30H33N7O2S2. The maximum absolute atomic E-state index is 12.3. The van der Waals surface area contributed by atoms with E-state index >= 15 is 0 Å². The third-order valence-corrected chi connectivity index (χ3v) is 9.30. The summed E-state index contributed by atoms with van der Waals surface area (Å²) < 4.78 is 7.14. The molecule has 0 radical (unpaired) electrons. The quantitative estimate of drug-likeness (QED) is 0.206. The van der Waals surface area contributed by atoms with Gasteiger partial charge in [-0.1, -0.05) is 36.0 Å². The number of thiazole rings is 1. The van der Waals surface area contributed by atoms with Crippen LogP contribution in [0.25, 0.3) is 15.9 Å². The first-order valence-corrected chi connectivity index (χ1v) is 15.4. The number of hydrogen-bond acceptors (Lipinski definition) is 10. The summed E-state index contributed by atoms with van der Waals surface area (Å²) in [7, 11) is 5.44. The molecule has 9 nitrogen and oxygen atoms in total. The molecule has 0 saturated heterocycles. The minimum absolute atomic E-state index is 0.337. The maximum atomic E-state index is 12.3. The smallest absolute Gasteiger partial charge is 0.339 e. The summed E-state index contributed by atoms with van der Waals surface area (Å²) >= 11 is 3.12. The molecule has 0 aliphatic heterocycles. The fraction of sp³-hybridized carbons (Fsp3) is 0.333. The van der Waals surface area contributed by atoms with Crippen LogP contribution in [0.4, 0.5) is 11.8 Å². The number of nitrogens with one attached hydrogen (secondary N) is 2. The number of anilines is 2. The molecule has 0 bridgehead atoms. The summed E-state index contributed by atoms with van der Waals surface area (Å²) in [5.74, 6) is 1.28. The van der Waals surface area contributed by atoms with Crippen molar-refractivity contribution in [3.63, 3.8) is 0 Å². The second-order valence-electron chi connectivity index (χ2n) is 10.4. The summed E-state index contributed by atoms with van der Waals surface area (Å²) in [6.45, 7) is 0.698. The lowest BCUT2D eigenvalue weighted by Gasteiger charge is -2.30. The average Bonchev–Trinajstić information content (AvgIpc) is 3.57. The van der Waals surface area contributed by atoms with E-state index in [1.54, 1.807) is 17.4 Å². The van der Waals surface area contributed by atoms with E-state index in [-0.39, 0.29) is 5.97 Å². The number of aromatic nitrogens is 4. The molecule has 2 N–H and O–H groups in total. The van der Waals surface area contributed by atoms with Crippen LogP contribution < -0.4 is 15.5 Å². The summed E-state index contributed by atoms with van der Waals surface area (Å²) in [5.41, 5.74) is 2.61. The number of para-hydroxylation sites is 1. The van der Waals surface area contributed by atoms with E-state index in [0.29, 0.717) is 30.1 Å². The Bertz CT molecular complexity index is 1670. The van der Waals surface area contributed by atoms with Crippen molar-refractivity contribution in [3.8, 4) is 0 Å². The van der Waals surface area contributed by atoms with Crippen molar-refractivity contribution in [2.75, 3.05) is 31.4 Å². The summed E-state index contributed by atoms with van der Waals surface area (Å²) in [6.07, 6.45) is 6.27. The number of nitrogens with zero attached hydrogens (tertiary/aromatic N) is 5. The molecule has 0 spiro atoms. The number of ether oxygens (including phenoxy) is 1. The fourth-order valence-corrected chi connectivity index (χ4v) is 7.15. The van der Waals surface area contributed by atoms with E-state index in [4.69, 9.17) is 19.7 Å². The molecule has 11 heteroatoms.